The van der Waals surface area contributed by atoms with Gasteiger partial charge in [0.25, 0.3) is 0 Å². The van der Waals surface area contributed by atoms with E-state index in [0.717, 1.165) is 27.3 Å². The van der Waals surface area contributed by atoms with E-state index in [1.165, 1.54) is 11.8 Å². The predicted molar refractivity (Wildman–Crippen MR) is 74.9 cm³/mol. The summed E-state index contributed by atoms with van der Waals surface area (Å²) in [6.07, 6.45) is 0. The molecule has 1 aromatic carbocycles. The van der Waals surface area contributed by atoms with Crippen LogP contribution in [0.4, 0.5) is 0 Å². The molecule has 2 heterocycles. The van der Waals surface area contributed by atoms with Crippen molar-refractivity contribution in [1.29, 1.82) is 0 Å². The summed E-state index contributed by atoms with van der Waals surface area (Å²) in [6.45, 7) is 2.32. The zero-order valence-corrected chi connectivity index (χ0v) is 11.2. The van der Waals surface area contributed by atoms with Gasteiger partial charge in [-0.2, -0.15) is 0 Å². The van der Waals surface area contributed by atoms with Gasteiger partial charge in [-0.25, -0.2) is 9.97 Å². The fourth-order valence-electron chi connectivity index (χ4n) is 1.83. The maximum Gasteiger partial charge on any atom is 0.214 e. The Kier molecular flexibility index (Phi) is 3.18. The number of aromatic nitrogens is 4. The van der Waals surface area contributed by atoms with Crippen molar-refractivity contribution >= 4 is 22.7 Å². The zero-order chi connectivity index (χ0) is 13.2. The Hall–Kier alpha value is -1.92. The highest BCUT2D eigenvalue weighted by Gasteiger charge is 2.10. The summed E-state index contributed by atoms with van der Waals surface area (Å²) >= 11 is 1.43. The predicted octanol–water partition coefficient (Wildman–Crippen LogP) is 2.27. The molecular weight excluding hydrogens is 258 g/mol. The largest absolute Gasteiger partial charge is 0.326 e. The molecular formula is C13H13N5S. The number of nitrogens with one attached hydrogen (secondary N) is 1. The van der Waals surface area contributed by atoms with Gasteiger partial charge in [-0.3, -0.25) is 5.10 Å². The van der Waals surface area contributed by atoms with Gasteiger partial charge in [0.05, 0.1) is 5.52 Å². The minimum Gasteiger partial charge on any atom is -0.326 e. The van der Waals surface area contributed by atoms with Crippen LogP contribution in [0.15, 0.2) is 40.5 Å². The summed E-state index contributed by atoms with van der Waals surface area (Å²) in [5.74, 6) is 0.789. The van der Waals surface area contributed by atoms with Crippen molar-refractivity contribution in [3.8, 4) is 0 Å². The molecule has 0 atom stereocenters. The third-order valence-corrected chi connectivity index (χ3v) is 3.66. The normalized spacial score (nSPS) is 11.1. The number of aryl methyl sites for hydroxylation is 1. The van der Waals surface area contributed by atoms with Crippen LogP contribution in [0, 0.1) is 6.92 Å². The van der Waals surface area contributed by atoms with Crippen LogP contribution in [0.3, 0.4) is 0 Å². The Bertz CT molecular complexity index is 722. The molecule has 2 aromatic heterocycles. The number of hydrogen-bond donors (Lipinski definition) is 2. The van der Waals surface area contributed by atoms with Crippen LogP contribution in [0.5, 0.6) is 0 Å². The van der Waals surface area contributed by atoms with Gasteiger partial charge in [0.1, 0.15) is 10.9 Å². The monoisotopic (exact) mass is 271 g/mol. The molecule has 0 fully saturated rings. The number of H-pyrrole nitrogens is 1. The van der Waals surface area contributed by atoms with Gasteiger partial charge in [0.2, 0.25) is 5.16 Å². The lowest BCUT2D eigenvalue weighted by molar-refractivity contribution is 0.948. The molecule has 0 unspecified atom stereocenters. The van der Waals surface area contributed by atoms with E-state index in [1.807, 2.05) is 31.2 Å². The first-order chi connectivity index (χ1) is 9.26. The SMILES string of the molecule is Cc1nc(Sc2nc3ccccc3cc2CN)n[nH]1. The number of aromatic amines is 1. The molecule has 0 aliphatic carbocycles. The highest BCUT2D eigenvalue weighted by Crippen LogP contribution is 2.28. The summed E-state index contributed by atoms with van der Waals surface area (Å²) < 4.78 is 0. The molecule has 3 N–H and O–H groups in total. The van der Waals surface area contributed by atoms with E-state index in [2.05, 4.69) is 26.2 Å². The quantitative estimate of drug-likeness (QED) is 0.763. The number of pyridine rings is 1. The maximum atomic E-state index is 5.80. The highest BCUT2D eigenvalue weighted by molar-refractivity contribution is 7.99. The summed E-state index contributed by atoms with van der Waals surface area (Å²) in [4.78, 5) is 8.92. The Balaban J connectivity index is 2.05. The number of hydrogen-bond acceptors (Lipinski definition) is 5. The smallest absolute Gasteiger partial charge is 0.214 e. The van der Waals surface area contributed by atoms with Crippen molar-refractivity contribution < 1.29 is 0 Å². The first kappa shape index (κ1) is 12.1. The second-order valence-electron chi connectivity index (χ2n) is 4.15. The van der Waals surface area contributed by atoms with E-state index in [9.17, 15) is 0 Å². The topological polar surface area (TPSA) is 80.5 Å². The molecule has 3 aromatic rings. The van der Waals surface area contributed by atoms with E-state index in [0.29, 0.717) is 11.7 Å². The van der Waals surface area contributed by atoms with Crippen LogP contribution in [-0.2, 0) is 6.54 Å². The van der Waals surface area contributed by atoms with Crippen molar-refractivity contribution in [1.82, 2.24) is 20.2 Å². The standard InChI is InChI=1S/C13H13N5S/c1-8-15-13(18-17-8)19-12-10(7-14)6-9-4-2-3-5-11(9)16-12/h2-6H,7,14H2,1H3,(H,15,17,18). The molecule has 19 heavy (non-hydrogen) atoms. The first-order valence-corrected chi connectivity index (χ1v) is 6.73. The van der Waals surface area contributed by atoms with Crippen LogP contribution in [0.1, 0.15) is 11.4 Å². The highest BCUT2D eigenvalue weighted by atomic mass is 32.2. The molecule has 0 radical (unpaired) electrons. The molecule has 0 saturated heterocycles. The van der Waals surface area contributed by atoms with Gasteiger partial charge < -0.3 is 5.73 Å². The molecule has 0 spiro atoms. The maximum absolute atomic E-state index is 5.80. The second-order valence-corrected chi connectivity index (χ2v) is 5.11. The average molecular weight is 271 g/mol. The van der Waals surface area contributed by atoms with Crippen LogP contribution in [-0.4, -0.2) is 20.2 Å². The van der Waals surface area contributed by atoms with E-state index < -0.39 is 0 Å². The molecule has 6 heteroatoms. The van der Waals surface area contributed by atoms with Gasteiger partial charge in [-0.05, 0) is 36.4 Å². The fraction of sp³-hybridized carbons (Fsp3) is 0.154. The van der Waals surface area contributed by atoms with Crippen LogP contribution in [0.2, 0.25) is 0 Å². The van der Waals surface area contributed by atoms with Gasteiger partial charge in [-0.15, -0.1) is 5.10 Å². The lowest BCUT2D eigenvalue weighted by atomic mass is 10.1. The van der Waals surface area contributed by atoms with Crippen molar-refractivity contribution in [2.75, 3.05) is 0 Å². The number of benzene rings is 1. The molecule has 0 aliphatic heterocycles. The summed E-state index contributed by atoms with van der Waals surface area (Å²) in [5, 5.41) is 9.55. The van der Waals surface area contributed by atoms with Gasteiger partial charge in [0, 0.05) is 11.9 Å². The summed E-state index contributed by atoms with van der Waals surface area (Å²) in [7, 11) is 0. The number of nitrogens with zero attached hydrogens (tertiary/aromatic N) is 3. The lowest BCUT2D eigenvalue weighted by Gasteiger charge is -2.06. The Labute approximate surface area is 114 Å². The molecule has 0 saturated carbocycles. The van der Waals surface area contributed by atoms with Crippen LogP contribution in [0.25, 0.3) is 10.9 Å². The number of rotatable bonds is 3. The molecule has 0 bridgehead atoms. The van der Waals surface area contributed by atoms with Crippen molar-refractivity contribution in [3.63, 3.8) is 0 Å². The number of para-hydroxylation sites is 1. The number of fused-ring (bicyclic) bond motifs is 1. The molecule has 3 rings (SSSR count). The fourth-order valence-corrected chi connectivity index (χ4v) is 2.70. The minimum atomic E-state index is 0.448. The lowest BCUT2D eigenvalue weighted by Crippen LogP contribution is -2.00. The second kappa shape index (κ2) is 4.99. The summed E-state index contributed by atoms with van der Waals surface area (Å²) in [6, 6.07) is 10.1. The number of nitrogens with two attached hydrogens (primary N) is 1. The van der Waals surface area contributed by atoms with Gasteiger partial charge in [0.15, 0.2) is 0 Å². The van der Waals surface area contributed by atoms with Crippen molar-refractivity contribution in [2.45, 2.75) is 23.7 Å². The van der Waals surface area contributed by atoms with E-state index in [4.69, 9.17) is 5.73 Å². The molecule has 5 nitrogen and oxygen atoms in total. The Morgan fingerprint density at radius 2 is 2.11 bits per heavy atom. The molecule has 0 aliphatic rings. The Morgan fingerprint density at radius 1 is 1.26 bits per heavy atom. The zero-order valence-electron chi connectivity index (χ0n) is 10.4. The summed E-state index contributed by atoms with van der Waals surface area (Å²) in [5.41, 5.74) is 7.76. The third kappa shape index (κ3) is 2.45. The van der Waals surface area contributed by atoms with E-state index in [1.54, 1.807) is 0 Å². The minimum absolute atomic E-state index is 0.448. The van der Waals surface area contributed by atoms with Crippen LogP contribution < -0.4 is 5.73 Å². The van der Waals surface area contributed by atoms with E-state index >= 15 is 0 Å². The Morgan fingerprint density at radius 3 is 2.84 bits per heavy atom. The van der Waals surface area contributed by atoms with Crippen molar-refractivity contribution in [2.24, 2.45) is 5.73 Å². The van der Waals surface area contributed by atoms with Crippen molar-refractivity contribution in [3.05, 3.63) is 41.7 Å². The van der Waals surface area contributed by atoms with Crippen LogP contribution >= 0.6 is 11.8 Å². The van der Waals surface area contributed by atoms with E-state index in [-0.39, 0.29) is 0 Å². The molecule has 96 valence electrons. The third-order valence-electron chi connectivity index (χ3n) is 2.75. The molecule has 0 amide bonds. The van der Waals surface area contributed by atoms with Gasteiger partial charge in [-0.1, -0.05) is 18.2 Å². The first-order valence-electron chi connectivity index (χ1n) is 5.92. The van der Waals surface area contributed by atoms with Gasteiger partial charge >= 0.3 is 0 Å². The average Bonchev–Trinajstić information content (AvgIpc) is 2.83.